The molecule has 148 valence electrons. The summed E-state index contributed by atoms with van der Waals surface area (Å²) in [7, 11) is 1.70. The predicted molar refractivity (Wildman–Crippen MR) is 110 cm³/mol. The van der Waals surface area contributed by atoms with Crippen LogP contribution in [0.2, 0.25) is 0 Å². The number of hydrogen-bond acceptors (Lipinski definition) is 6. The molecular weight excluding hydrogens is 482 g/mol. The minimum atomic E-state index is -1.12. The van der Waals surface area contributed by atoms with Crippen molar-refractivity contribution in [1.82, 2.24) is 15.0 Å². The van der Waals surface area contributed by atoms with Crippen LogP contribution < -0.4 is 10.8 Å². The minimum Gasteiger partial charge on any atom is -0.394 e. The first-order valence-corrected chi connectivity index (χ1v) is 9.36. The number of benzene rings is 1. The van der Waals surface area contributed by atoms with E-state index in [0.717, 1.165) is 3.57 Å². The number of pyridine rings is 1. The number of nitrogens with one attached hydrogen (secondary N) is 2. The van der Waals surface area contributed by atoms with Crippen LogP contribution in [0.25, 0.3) is 11.0 Å². The highest BCUT2D eigenvalue weighted by molar-refractivity contribution is 14.1. The van der Waals surface area contributed by atoms with Gasteiger partial charge in [-0.15, -0.1) is 0 Å². The van der Waals surface area contributed by atoms with E-state index in [2.05, 4.69) is 15.8 Å². The average molecular weight is 500 g/mol. The van der Waals surface area contributed by atoms with Crippen molar-refractivity contribution >= 4 is 51.0 Å². The van der Waals surface area contributed by atoms with Gasteiger partial charge >= 0.3 is 0 Å². The molecule has 10 heteroatoms. The topological polar surface area (TPSA) is 109 Å². The molecule has 0 saturated heterocycles. The van der Waals surface area contributed by atoms with Crippen LogP contribution in [0.5, 0.6) is 0 Å². The molecule has 8 nitrogen and oxygen atoms in total. The van der Waals surface area contributed by atoms with Gasteiger partial charge in [-0.1, -0.05) is 0 Å². The van der Waals surface area contributed by atoms with Crippen molar-refractivity contribution in [3.05, 3.63) is 51.5 Å². The number of hydrogen-bond donors (Lipinski definition) is 4. The molecule has 28 heavy (non-hydrogen) atoms. The van der Waals surface area contributed by atoms with Crippen molar-refractivity contribution in [1.29, 1.82) is 0 Å². The van der Waals surface area contributed by atoms with E-state index in [1.807, 2.05) is 22.6 Å². The van der Waals surface area contributed by atoms with E-state index in [9.17, 15) is 14.3 Å². The summed E-state index contributed by atoms with van der Waals surface area (Å²) in [4.78, 5) is 22.0. The molecule has 0 aliphatic rings. The largest absolute Gasteiger partial charge is 0.394 e. The van der Waals surface area contributed by atoms with E-state index in [0.29, 0.717) is 16.9 Å². The van der Waals surface area contributed by atoms with Gasteiger partial charge in [0.15, 0.2) is 0 Å². The van der Waals surface area contributed by atoms with Gasteiger partial charge in [-0.3, -0.25) is 9.63 Å². The molecular formula is C18H18FIN4O4. The number of rotatable bonds is 7. The molecule has 0 bridgehead atoms. The van der Waals surface area contributed by atoms with Crippen LogP contribution in [0.4, 0.5) is 15.9 Å². The number of aromatic nitrogens is 2. The molecule has 2 heterocycles. The number of amides is 1. The van der Waals surface area contributed by atoms with Gasteiger partial charge in [0.25, 0.3) is 5.91 Å². The molecule has 0 saturated carbocycles. The molecule has 0 radical (unpaired) electrons. The number of halogens is 2. The Morgan fingerprint density at radius 1 is 1.43 bits per heavy atom. The molecule has 1 aromatic carbocycles. The Kier molecular flexibility index (Phi) is 6.44. The second kappa shape index (κ2) is 8.82. The summed E-state index contributed by atoms with van der Waals surface area (Å²) in [6.07, 6.45) is 0.473. The molecule has 0 aliphatic heterocycles. The molecule has 3 rings (SSSR count). The zero-order valence-electron chi connectivity index (χ0n) is 14.8. The number of nitrogens with zero attached hydrogens (tertiary/aromatic N) is 2. The second-order valence-electron chi connectivity index (χ2n) is 5.98. The van der Waals surface area contributed by atoms with Gasteiger partial charge in [0.1, 0.15) is 30.0 Å². The summed E-state index contributed by atoms with van der Waals surface area (Å²) in [5, 5.41) is 21.6. The number of fused-ring (bicyclic) bond motifs is 1. The Morgan fingerprint density at radius 3 is 2.93 bits per heavy atom. The maximum absolute atomic E-state index is 14.3. The lowest BCUT2D eigenvalue weighted by atomic mass is 10.2. The van der Waals surface area contributed by atoms with Crippen molar-refractivity contribution < 1.29 is 24.2 Å². The highest BCUT2D eigenvalue weighted by Gasteiger charge is 2.23. The number of aliphatic hydroxyl groups excluding tert-OH is 2. The van der Waals surface area contributed by atoms with Gasteiger partial charge < -0.3 is 20.1 Å². The lowest BCUT2D eigenvalue weighted by Crippen LogP contribution is -2.30. The second-order valence-corrected chi connectivity index (χ2v) is 7.23. The van der Waals surface area contributed by atoms with E-state index in [-0.39, 0.29) is 17.9 Å². The van der Waals surface area contributed by atoms with Crippen molar-refractivity contribution in [2.24, 2.45) is 7.05 Å². The summed E-state index contributed by atoms with van der Waals surface area (Å²) in [6.45, 7) is -0.771. The molecule has 2 aromatic heterocycles. The number of anilines is 2. The molecule has 1 amide bonds. The standard InChI is InChI=1S/C18H18FIN4O4/c1-24-16-12(3-2-6-21-16)15(18(27)23-28-9-11(26)8-25)17(24)22-14-5-4-10(20)7-13(14)19/h2-7,11,22,25-26H,8-9H2,1H3,(H,23,27)/t11-/m0/s1. The number of aryl methyl sites for hydroxylation is 1. The van der Waals surface area contributed by atoms with Crippen LogP contribution in [0, 0.1) is 9.39 Å². The minimum absolute atomic E-state index is 0.206. The van der Waals surface area contributed by atoms with Gasteiger partial charge in [0.2, 0.25) is 0 Å². The fourth-order valence-corrected chi connectivity index (χ4v) is 3.12. The van der Waals surface area contributed by atoms with Crippen LogP contribution in [0.1, 0.15) is 10.4 Å². The third-order valence-corrected chi connectivity index (χ3v) is 4.68. The fraction of sp³-hybridized carbons (Fsp3) is 0.222. The van der Waals surface area contributed by atoms with E-state index >= 15 is 0 Å². The maximum Gasteiger partial charge on any atom is 0.279 e. The Hall–Kier alpha value is -2.28. The van der Waals surface area contributed by atoms with Gasteiger partial charge in [-0.2, -0.15) is 0 Å². The third kappa shape index (κ3) is 4.24. The Labute approximate surface area is 173 Å². The summed E-state index contributed by atoms with van der Waals surface area (Å²) in [5.74, 6) is -0.728. The first-order chi connectivity index (χ1) is 13.4. The lowest BCUT2D eigenvalue weighted by Gasteiger charge is -2.13. The van der Waals surface area contributed by atoms with Crippen LogP contribution in [-0.2, 0) is 11.9 Å². The van der Waals surface area contributed by atoms with Gasteiger partial charge in [0.05, 0.1) is 17.9 Å². The molecule has 0 aliphatic carbocycles. The Bertz CT molecular complexity index is 1010. The normalized spacial score (nSPS) is 12.2. The first-order valence-electron chi connectivity index (χ1n) is 8.29. The fourth-order valence-electron chi connectivity index (χ4n) is 2.66. The number of aliphatic hydroxyl groups is 2. The van der Waals surface area contributed by atoms with E-state index in [1.54, 1.807) is 42.1 Å². The smallest absolute Gasteiger partial charge is 0.279 e. The lowest BCUT2D eigenvalue weighted by molar-refractivity contribution is -0.0294. The number of carbonyl (C=O) groups is 1. The van der Waals surface area contributed by atoms with Crippen molar-refractivity contribution in [3.63, 3.8) is 0 Å². The number of carbonyl (C=O) groups excluding carboxylic acids is 1. The van der Waals surface area contributed by atoms with Gasteiger partial charge in [0, 0.05) is 22.2 Å². The van der Waals surface area contributed by atoms with E-state index < -0.39 is 24.4 Å². The monoisotopic (exact) mass is 500 g/mol. The summed E-state index contributed by atoms with van der Waals surface area (Å²) >= 11 is 2.01. The summed E-state index contributed by atoms with van der Waals surface area (Å²) in [6, 6.07) is 8.10. The zero-order valence-corrected chi connectivity index (χ0v) is 17.0. The SMILES string of the molecule is Cn1c(Nc2ccc(I)cc2F)c(C(=O)NOC[C@@H](O)CO)c2cccnc21. The van der Waals surface area contributed by atoms with Gasteiger partial charge in [-0.05, 0) is 52.9 Å². The first kappa shape index (κ1) is 20.5. The predicted octanol–water partition coefficient (Wildman–Crippen LogP) is 2.08. The molecule has 0 unspecified atom stereocenters. The van der Waals surface area contributed by atoms with Crippen LogP contribution in [0.3, 0.4) is 0 Å². The van der Waals surface area contributed by atoms with Crippen LogP contribution in [0.15, 0.2) is 36.5 Å². The van der Waals surface area contributed by atoms with Crippen LogP contribution >= 0.6 is 22.6 Å². The Morgan fingerprint density at radius 2 is 2.21 bits per heavy atom. The molecule has 3 aromatic rings. The summed E-state index contributed by atoms with van der Waals surface area (Å²) < 4.78 is 16.7. The van der Waals surface area contributed by atoms with Crippen molar-refractivity contribution in [2.75, 3.05) is 18.5 Å². The average Bonchev–Trinajstić information content (AvgIpc) is 2.96. The van der Waals surface area contributed by atoms with Crippen molar-refractivity contribution in [3.8, 4) is 0 Å². The third-order valence-electron chi connectivity index (χ3n) is 4.01. The highest BCUT2D eigenvalue weighted by Crippen LogP contribution is 2.31. The maximum atomic E-state index is 14.3. The molecule has 4 N–H and O–H groups in total. The highest BCUT2D eigenvalue weighted by atomic mass is 127. The van der Waals surface area contributed by atoms with Crippen molar-refractivity contribution in [2.45, 2.75) is 6.10 Å². The molecule has 1 atom stereocenters. The Balaban J connectivity index is 1.98. The zero-order chi connectivity index (χ0) is 20.3. The van der Waals surface area contributed by atoms with E-state index in [4.69, 9.17) is 9.94 Å². The van der Waals surface area contributed by atoms with E-state index in [1.165, 1.54) is 6.07 Å². The van der Waals surface area contributed by atoms with Gasteiger partial charge in [-0.25, -0.2) is 14.9 Å². The molecule has 0 spiro atoms. The summed E-state index contributed by atoms with van der Waals surface area (Å²) in [5.41, 5.74) is 3.17. The number of hydroxylamine groups is 1. The quantitative estimate of drug-likeness (QED) is 0.292. The molecule has 0 fully saturated rings. The van der Waals surface area contributed by atoms with Crippen LogP contribution in [-0.4, -0.2) is 45.0 Å².